The van der Waals surface area contributed by atoms with Crippen LogP contribution in [0.2, 0.25) is 0 Å². The number of thiol groups is 2. The van der Waals surface area contributed by atoms with Crippen LogP contribution in [-0.2, 0) is 27.4 Å². The van der Waals surface area contributed by atoms with Crippen LogP contribution in [0.1, 0.15) is 14.7 Å². The summed E-state index contributed by atoms with van der Waals surface area (Å²) >= 11 is 8.38. The number of rotatable bonds is 9. The van der Waals surface area contributed by atoms with Crippen LogP contribution in [0.5, 0.6) is 0 Å². The Morgan fingerprint density at radius 2 is 2.14 bits per heavy atom. The second-order valence-electron chi connectivity index (χ2n) is 4.15. The van der Waals surface area contributed by atoms with E-state index in [4.69, 9.17) is 24.6 Å². The van der Waals surface area contributed by atoms with Gasteiger partial charge in [0, 0.05) is 20.8 Å². The van der Waals surface area contributed by atoms with E-state index in [0.29, 0.717) is 6.61 Å². The molecule has 6 atom stereocenters. The fraction of sp³-hybridized carbons (Fsp3) is 1.00. The van der Waals surface area contributed by atoms with Gasteiger partial charge in [0.15, 0.2) is 0 Å². The zero-order chi connectivity index (χ0) is 17.0. The van der Waals surface area contributed by atoms with E-state index >= 15 is 0 Å². The molecule has 0 aromatic heterocycles. The Morgan fingerprint density at radius 1 is 1.48 bits per heavy atom. The predicted octanol–water partition coefficient (Wildman–Crippen LogP) is 3.01. The van der Waals surface area contributed by atoms with Gasteiger partial charge in [-0.1, -0.05) is 31.4 Å². The van der Waals surface area contributed by atoms with Gasteiger partial charge in [-0.05, 0) is 6.42 Å². The molecule has 7 nitrogen and oxygen atoms in total. The molecule has 1 rings (SSSR count). The molecule has 0 saturated carbocycles. The highest BCUT2D eigenvalue weighted by Crippen LogP contribution is 2.56. The largest absolute Gasteiger partial charge is 0.386 e. The standard InChI is InChI=1S/C9H20O7P2S3/c1-3-4-14-7-6-21-8(5-15-17(10,11)19)9(7)16-18(12,20)13-2/h7-9H,3-6H2,1-2H3,(H,12,20)(H2,10,11,19)/t7-,8+,9-,18?/m0/s1/i6T/t6-,7-,8+,9-,18?. The van der Waals surface area contributed by atoms with Gasteiger partial charge in [0.05, 0.1) is 18.0 Å². The lowest BCUT2D eigenvalue weighted by Gasteiger charge is -2.26. The lowest BCUT2D eigenvalue weighted by Crippen LogP contribution is -2.35. The van der Waals surface area contributed by atoms with E-state index in [9.17, 15) is 9.13 Å². The minimum atomic E-state index is -3.96. The number of ether oxygens (including phenoxy) is 1. The third-order valence-corrected chi connectivity index (χ3v) is 6.24. The van der Waals surface area contributed by atoms with Crippen molar-refractivity contribution in [1.82, 2.24) is 0 Å². The van der Waals surface area contributed by atoms with Crippen molar-refractivity contribution in [1.29, 1.82) is 0 Å². The normalized spacial score (nSPS) is 36.0. The van der Waals surface area contributed by atoms with Crippen molar-refractivity contribution in [2.75, 3.05) is 26.1 Å². The average molecular weight is 400 g/mol. The Labute approximate surface area is 140 Å². The first-order valence-corrected chi connectivity index (χ1v) is 12.4. The Hall–Kier alpha value is 1.31. The third-order valence-electron chi connectivity index (χ3n) is 2.48. The quantitative estimate of drug-likeness (QED) is 0.402. The number of hydrogen-bond donors (Lipinski definition) is 3. The lowest BCUT2D eigenvalue weighted by molar-refractivity contribution is -0.0120. The molecule has 1 saturated heterocycles. The zero-order valence-corrected chi connectivity index (χ0v) is 15.9. The molecule has 0 aliphatic carbocycles. The van der Waals surface area contributed by atoms with Gasteiger partial charge in [0.2, 0.25) is 0 Å². The average Bonchev–Trinajstić information content (AvgIpc) is 2.69. The first-order chi connectivity index (χ1) is 10.1. The van der Waals surface area contributed by atoms with Gasteiger partial charge in [0.25, 0.3) is 0 Å². The van der Waals surface area contributed by atoms with Crippen LogP contribution in [0.3, 0.4) is 0 Å². The van der Waals surface area contributed by atoms with Gasteiger partial charge in [-0.25, -0.2) is 9.13 Å². The summed E-state index contributed by atoms with van der Waals surface area (Å²) in [7, 11) is 1.19. The molecule has 0 bridgehead atoms. The molecular weight excluding hydrogens is 378 g/mol. The zero-order valence-electron chi connectivity index (χ0n) is 12.5. The SMILES string of the molecule is [3H][C@@H]1S[C@H](COP(=O)(O)S)[C@@H](OP(=O)(S)OC)[C@H]1OCCC. The topological polar surface area (TPSA) is 91.3 Å². The van der Waals surface area contributed by atoms with Gasteiger partial charge < -0.3 is 14.2 Å². The van der Waals surface area contributed by atoms with Crippen molar-refractivity contribution < 1.29 is 33.7 Å². The van der Waals surface area contributed by atoms with Gasteiger partial charge in [-0.3, -0.25) is 9.05 Å². The van der Waals surface area contributed by atoms with Crippen molar-refractivity contribution in [2.24, 2.45) is 0 Å². The lowest BCUT2D eigenvalue weighted by atomic mass is 10.2. The predicted molar refractivity (Wildman–Crippen MR) is 89.5 cm³/mol. The van der Waals surface area contributed by atoms with Crippen LogP contribution in [-0.4, -0.2) is 48.4 Å². The molecule has 1 aliphatic rings. The first-order valence-electron chi connectivity index (χ1n) is 6.63. The summed E-state index contributed by atoms with van der Waals surface area (Å²) in [5, 5.41) is -0.535. The minimum Gasteiger partial charge on any atom is -0.375 e. The van der Waals surface area contributed by atoms with Gasteiger partial charge in [-0.2, -0.15) is 11.8 Å². The van der Waals surface area contributed by atoms with Crippen molar-refractivity contribution in [3.63, 3.8) is 0 Å². The maximum atomic E-state index is 11.9. The molecule has 1 heterocycles. The Balaban J connectivity index is 2.84. The van der Waals surface area contributed by atoms with Crippen molar-refractivity contribution >= 4 is 49.9 Å². The van der Waals surface area contributed by atoms with Gasteiger partial charge >= 0.3 is 13.6 Å². The van der Waals surface area contributed by atoms with Gasteiger partial charge in [0.1, 0.15) is 6.10 Å². The highest BCUT2D eigenvalue weighted by Gasteiger charge is 2.43. The van der Waals surface area contributed by atoms with Crippen molar-refractivity contribution in [3.8, 4) is 0 Å². The Kier molecular flexibility index (Phi) is 7.96. The fourth-order valence-corrected chi connectivity index (χ4v) is 4.39. The van der Waals surface area contributed by atoms with E-state index < -0.39 is 36.8 Å². The second-order valence-corrected chi connectivity index (χ2v) is 11.0. The minimum absolute atomic E-state index is 0.203. The van der Waals surface area contributed by atoms with Crippen LogP contribution in [0.4, 0.5) is 0 Å². The Morgan fingerprint density at radius 3 is 2.67 bits per heavy atom. The van der Waals surface area contributed by atoms with E-state index in [2.05, 4.69) is 24.5 Å². The van der Waals surface area contributed by atoms with Crippen LogP contribution in [0, 0.1) is 0 Å². The van der Waals surface area contributed by atoms with Crippen LogP contribution in [0.15, 0.2) is 0 Å². The van der Waals surface area contributed by atoms with Crippen molar-refractivity contribution in [3.05, 3.63) is 0 Å². The summed E-state index contributed by atoms with van der Waals surface area (Å²) in [6.45, 7) is -5.45. The molecule has 1 N–H and O–H groups in total. The molecule has 1 aliphatic heterocycles. The summed E-state index contributed by atoms with van der Waals surface area (Å²) in [5.74, 6) is 0. The highest BCUT2D eigenvalue weighted by molar-refractivity contribution is 8.44. The summed E-state index contributed by atoms with van der Waals surface area (Å²) < 4.78 is 51.5. The fourth-order valence-electron chi connectivity index (χ4n) is 1.56. The van der Waals surface area contributed by atoms with Crippen LogP contribution in [0.25, 0.3) is 0 Å². The maximum absolute atomic E-state index is 11.9. The molecule has 0 radical (unpaired) electrons. The van der Waals surface area contributed by atoms with E-state index in [0.717, 1.165) is 18.2 Å². The molecule has 0 aromatic carbocycles. The summed E-state index contributed by atoms with van der Waals surface area (Å²) in [6.07, 6.45) is -0.748. The van der Waals surface area contributed by atoms with Crippen LogP contribution < -0.4 is 0 Å². The summed E-state index contributed by atoms with van der Waals surface area (Å²) in [4.78, 5) is 9.09. The van der Waals surface area contributed by atoms with E-state index in [1.807, 2.05) is 6.92 Å². The van der Waals surface area contributed by atoms with Crippen LogP contribution >= 0.6 is 49.9 Å². The summed E-state index contributed by atoms with van der Waals surface area (Å²) in [6, 6.07) is 0. The summed E-state index contributed by atoms with van der Waals surface area (Å²) in [5.41, 5.74) is -0.715. The van der Waals surface area contributed by atoms with Gasteiger partial charge in [-0.15, -0.1) is 0 Å². The monoisotopic (exact) mass is 400 g/mol. The molecule has 21 heavy (non-hydrogen) atoms. The molecular formula is C9H20O7P2S3. The molecule has 12 heteroatoms. The molecule has 0 aromatic rings. The van der Waals surface area contributed by atoms with E-state index in [-0.39, 0.29) is 6.61 Å². The highest BCUT2D eigenvalue weighted by atomic mass is 32.7. The molecule has 0 amide bonds. The Bertz CT molecular complexity index is 451. The second kappa shape index (κ2) is 8.97. The first kappa shape index (κ1) is 18.6. The van der Waals surface area contributed by atoms with E-state index in [1.165, 1.54) is 7.11 Å². The van der Waals surface area contributed by atoms with E-state index in [1.54, 1.807) is 0 Å². The number of hydrogen-bond acceptors (Lipinski definition) is 7. The number of thioether (sulfide) groups is 1. The molecule has 126 valence electrons. The molecule has 1 fully saturated rings. The smallest absolute Gasteiger partial charge is 0.375 e. The van der Waals surface area contributed by atoms with Crippen molar-refractivity contribution in [2.45, 2.75) is 30.8 Å². The molecule has 0 spiro atoms. The maximum Gasteiger partial charge on any atom is 0.386 e. The third kappa shape index (κ3) is 7.61. The molecule has 2 unspecified atom stereocenters.